The number of nitrogens with zero attached hydrogens (tertiary/aromatic N) is 2. The second kappa shape index (κ2) is 7.49. The van der Waals surface area contributed by atoms with Crippen molar-refractivity contribution < 1.29 is 0 Å². The van der Waals surface area contributed by atoms with E-state index in [9.17, 15) is 0 Å². The fourth-order valence-electron chi connectivity index (χ4n) is 2.27. The summed E-state index contributed by atoms with van der Waals surface area (Å²) in [6.45, 7) is 11.9. The van der Waals surface area contributed by atoms with Gasteiger partial charge in [0, 0.05) is 12.2 Å². The van der Waals surface area contributed by atoms with Gasteiger partial charge >= 0.3 is 0 Å². The van der Waals surface area contributed by atoms with Gasteiger partial charge in [-0.15, -0.1) is 0 Å². The van der Waals surface area contributed by atoms with Crippen LogP contribution >= 0.6 is 0 Å². The van der Waals surface area contributed by atoms with E-state index in [0.29, 0.717) is 0 Å². The van der Waals surface area contributed by atoms with Crippen molar-refractivity contribution in [3.05, 3.63) is 17.0 Å². The third-order valence-electron chi connectivity index (χ3n) is 3.34. The van der Waals surface area contributed by atoms with E-state index in [0.717, 1.165) is 26.1 Å². The molecule has 1 heterocycles. The normalized spacial score (nSPS) is 11.1. The summed E-state index contributed by atoms with van der Waals surface area (Å²) >= 11 is 0. The van der Waals surface area contributed by atoms with E-state index in [1.165, 1.54) is 36.2 Å². The highest BCUT2D eigenvalue weighted by molar-refractivity contribution is 5.24. The van der Waals surface area contributed by atoms with E-state index in [-0.39, 0.29) is 0 Å². The van der Waals surface area contributed by atoms with Gasteiger partial charge in [0.1, 0.15) is 0 Å². The van der Waals surface area contributed by atoms with Crippen LogP contribution in [0.15, 0.2) is 0 Å². The van der Waals surface area contributed by atoms with E-state index < -0.39 is 0 Å². The van der Waals surface area contributed by atoms with Gasteiger partial charge in [0.2, 0.25) is 0 Å². The molecule has 1 aromatic heterocycles. The highest BCUT2D eigenvalue weighted by atomic mass is 15.3. The van der Waals surface area contributed by atoms with Crippen molar-refractivity contribution in [2.24, 2.45) is 0 Å². The minimum absolute atomic E-state index is 0.985. The molecule has 0 fully saturated rings. The number of hydrogen-bond donors (Lipinski definition) is 1. The monoisotopic (exact) mass is 237 g/mol. The number of aryl methyl sites for hydroxylation is 1. The Morgan fingerprint density at radius 3 is 2.47 bits per heavy atom. The molecule has 0 aliphatic heterocycles. The van der Waals surface area contributed by atoms with Crippen LogP contribution in [0.3, 0.4) is 0 Å². The Hall–Kier alpha value is -0.830. The van der Waals surface area contributed by atoms with Crippen molar-refractivity contribution in [3.63, 3.8) is 0 Å². The van der Waals surface area contributed by atoms with Gasteiger partial charge in [-0.05, 0) is 38.8 Å². The van der Waals surface area contributed by atoms with Gasteiger partial charge in [0.05, 0.1) is 12.2 Å². The first-order valence-electron chi connectivity index (χ1n) is 6.94. The molecule has 0 saturated heterocycles. The van der Waals surface area contributed by atoms with Crippen molar-refractivity contribution in [1.82, 2.24) is 15.1 Å². The van der Waals surface area contributed by atoms with Crippen LogP contribution in [0.1, 0.15) is 50.1 Å². The maximum atomic E-state index is 4.59. The molecule has 0 amide bonds. The van der Waals surface area contributed by atoms with Crippen molar-refractivity contribution in [3.8, 4) is 0 Å². The molecule has 1 N–H and O–H groups in total. The molecule has 0 radical (unpaired) electrons. The van der Waals surface area contributed by atoms with E-state index in [1.54, 1.807) is 0 Å². The summed E-state index contributed by atoms with van der Waals surface area (Å²) in [6, 6.07) is 0. The highest BCUT2D eigenvalue weighted by Crippen LogP contribution is 2.12. The van der Waals surface area contributed by atoms with Gasteiger partial charge in [0.15, 0.2) is 0 Å². The van der Waals surface area contributed by atoms with Gasteiger partial charge in [-0.2, -0.15) is 5.10 Å². The Morgan fingerprint density at radius 1 is 1.12 bits per heavy atom. The van der Waals surface area contributed by atoms with Crippen LogP contribution in [-0.2, 0) is 13.0 Å². The average molecular weight is 237 g/mol. The predicted molar refractivity (Wildman–Crippen MR) is 73.5 cm³/mol. The zero-order chi connectivity index (χ0) is 12.7. The lowest BCUT2D eigenvalue weighted by Crippen LogP contribution is -2.22. The quantitative estimate of drug-likeness (QED) is 0.705. The molecular weight excluding hydrogens is 210 g/mol. The lowest BCUT2D eigenvalue weighted by molar-refractivity contribution is 0.529. The predicted octanol–water partition coefficient (Wildman–Crippen LogP) is 2.84. The van der Waals surface area contributed by atoms with Gasteiger partial charge in [0.25, 0.3) is 0 Å². The Kier molecular flexibility index (Phi) is 6.27. The fourth-order valence-corrected chi connectivity index (χ4v) is 2.27. The molecule has 0 aliphatic rings. The first kappa shape index (κ1) is 14.2. The Balaban J connectivity index is 2.32. The summed E-state index contributed by atoms with van der Waals surface area (Å²) in [5.41, 5.74) is 3.94. The van der Waals surface area contributed by atoms with Crippen molar-refractivity contribution in [2.45, 2.75) is 59.9 Å². The van der Waals surface area contributed by atoms with Gasteiger partial charge < -0.3 is 5.32 Å². The molecule has 0 atom stereocenters. The minimum Gasteiger partial charge on any atom is -0.315 e. The van der Waals surface area contributed by atoms with Gasteiger partial charge in [-0.3, -0.25) is 4.68 Å². The summed E-state index contributed by atoms with van der Waals surface area (Å²) in [5, 5.41) is 8.07. The Morgan fingerprint density at radius 2 is 1.88 bits per heavy atom. The van der Waals surface area contributed by atoms with E-state index >= 15 is 0 Å². The third-order valence-corrected chi connectivity index (χ3v) is 3.34. The second-order valence-corrected chi connectivity index (χ2v) is 4.68. The minimum atomic E-state index is 0.985. The molecule has 0 saturated carbocycles. The van der Waals surface area contributed by atoms with Crippen LogP contribution in [-0.4, -0.2) is 22.9 Å². The van der Waals surface area contributed by atoms with Crippen LogP contribution in [0, 0.1) is 13.8 Å². The molecule has 17 heavy (non-hydrogen) atoms. The lowest BCUT2D eigenvalue weighted by Gasteiger charge is -2.06. The number of aromatic nitrogens is 2. The molecule has 0 aliphatic carbocycles. The Labute approximate surface area is 106 Å². The Bertz CT molecular complexity index is 328. The topological polar surface area (TPSA) is 29.9 Å². The first-order valence-corrected chi connectivity index (χ1v) is 6.94. The summed E-state index contributed by atoms with van der Waals surface area (Å²) in [6.07, 6.45) is 4.99. The molecule has 0 bridgehead atoms. The molecule has 1 rings (SSSR count). The van der Waals surface area contributed by atoms with E-state index in [1.807, 2.05) is 0 Å². The maximum Gasteiger partial charge on any atom is 0.0628 e. The molecule has 0 aromatic carbocycles. The first-order chi connectivity index (χ1) is 8.20. The summed E-state index contributed by atoms with van der Waals surface area (Å²) in [4.78, 5) is 0. The SMILES string of the molecule is CCCCCNCCn1nc(C)c(CC)c1C. The number of nitrogens with one attached hydrogen (secondary N) is 1. The lowest BCUT2D eigenvalue weighted by atomic mass is 10.1. The fraction of sp³-hybridized carbons (Fsp3) is 0.786. The molecule has 0 unspecified atom stereocenters. The largest absolute Gasteiger partial charge is 0.315 e. The summed E-state index contributed by atoms with van der Waals surface area (Å²) < 4.78 is 2.14. The van der Waals surface area contributed by atoms with E-state index in [2.05, 4.69) is 42.8 Å². The van der Waals surface area contributed by atoms with Gasteiger partial charge in [-0.1, -0.05) is 26.7 Å². The summed E-state index contributed by atoms with van der Waals surface area (Å²) in [5.74, 6) is 0. The standard InChI is InChI=1S/C14H27N3/c1-5-7-8-9-15-10-11-17-13(4)14(6-2)12(3)16-17/h15H,5-11H2,1-4H3. The van der Waals surface area contributed by atoms with Crippen LogP contribution in [0.25, 0.3) is 0 Å². The molecule has 0 spiro atoms. The van der Waals surface area contributed by atoms with Crippen molar-refractivity contribution in [1.29, 1.82) is 0 Å². The highest BCUT2D eigenvalue weighted by Gasteiger charge is 2.08. The molecule has 3 nitrogen and oxygen atoms in total. The average Bonchev–Trinajstić information content (AvgIpc) is 2.58. The molecule has 1 aromatic rings. The third kappa shape index (κ3) is 4.15. The molecule has 98 valence electrons. The van der Waals surface area contributed by atoms with Crippen molar-refractivity contribution >= 4 is 0 Å². The smallest absolute Gasteiger partial charge is 0.0628 e. The molecular formula is C14H27N3. The van der Waals surface area contributed by atoms with Gasteiger partial charge in [-0.25, -0.2) is 0 Å². The van der Waals surface area contributed by atoms with Crippen LogP contribution in [0.4, 0.5) is 0 Å². The van der Waals surface area contributed by atoms with Crippen LogP contribution in [0.5, 0.6) is 0 Å². The second-order valence-electron chi connectivity index (χ2n) is 4.68. The van der Waals surface area contributed by atoms with E-state index in [4.69, 9.17) is 0 Å². The zero-order valence-electron chi connectivity index (χ0n) is 11.8. The van der Waals surface area contributed by atoms with Crippen LogP contribution in [0.2, 0.25) is 0 Å². The number of unbranched alkanes of at least 4 members (excludes halogenated alkanes) is 2. The number of hydrogen-bond acceptors (Lipinski definition) is 2. The maximum absolute atomic E-state index is 4.59. The van der Waals surface area contributed by atoms with Crippen LogP contribution < -0.4 is 5.32 Å². The number of rotatable bonds is 8. The van der Waals surface area contributed by atoms with Crippen molar-refractivity contribution in [2.75, 3.05) is 13.1 Å². The molecule has 3 heteroatoms. The summed E-state index contributed by atoms with van der Waals surface area (Å²) in [7, 11) is 0. The zero-order valence-corrected chi connectivity index (χ0v) is 11.8.